The molecule has 1 amide bonds. The molecular weight excluding hydrogens is 402 g/mol. The number of anilines is 1. The number of nitrogens with zero attached hydrogens (tertiary/aromatic N) is 2. The minimum atomic E-state index is -3.61. The van der Waals surface area contributed by atoms with Crippen molar-refractivity contribution in [2.75, 3.05) is 36.9 Å². The smallest absolute Gasteiger partial charge is 0.243 e. The van der Waals surface area contributed by atoms with Gasteiger partial charge >= 0.3 is 0 Å². The summed E-state index contributed by atoms with van der Waals surface area (Å²) in [6, 6.07) is 15.9. The number of benzene rings is 2. The van der Waals surface area contributed by atoms with Crippen LogP contribution in [0.25, 0.3) is 0 Å². The van der Waals surface area contributed by atoms with Gasteiger partial charge in [0.2, 0.25) is 15.9 Å². The summed E-state index contributed by atoms with van der Waals surface area (Å²) < 4.78 is 31.1. The molecule has 1 aliphatic heterocycles. The second kappa shape index (κ2) is 10.1. The number of ether oxygens (including phenoxy) is 1. The van der Waals surface area contributed by atoms with Crippen molar-refractivity contribution in [1.29, 1.82) is 0 Å². The number of sulfonamides is 1. The summed E-state index contributed by atoms with van der Waals surface area (Å²) in [5.41, 5.74) is 2.65. The van der Waals surface area contributed by atoms with E-state index in [1.807, 2.05) is 12.1 Å². The molecule has 0 unspecified atom stereocenters. The fourth-order valence-corrected chi connectivity index (χ4v) is 4.68. The van der Waals surface area contributed by atoms with E-state index in [1.54, 1.807) is 37.3 Å². The molecule has 0 bridgehead atoms. The summed E-state index contributed by atoms with van der Waals surface area (Å²) in [5.74, 6) is -0.346. The second-order valence-corrected chi connectivity index (χ2v) is 9.35. The molecule has 3 rings (SSSR count). The van der Waals surface area contributed by atoms with Gasteiger partial charge in [-0.2, -0.15) is 0 Å². The Balaban J connectivity index is 1.58. The molecule has 2 aromatic carbocycles. The van der Waals surface area contributed by atoms with E-state index in [-0.39, 0.29) is 5.91 Å². The molecule has 0 radical (unpaired) electrons. The lowest BCUT2D eigenvalue weighted by Crippen LogP contribution is -2.47. The zero-order valence-corrected chi connectivity index (χ0v) is 18.3. The summed E-state index contributed by atoms with van der Waals surface area (Å²) in [6.07, 6.45) is 1.11. The van der Waals surface area contributed by atoms with Crippen molar-refractivity contribution < 1.29 is 17.9 Å². The average molecular weight is 432 g/mol. The number of carbonyl (C=O) groups is 1. The van der Waals surface area contributed by atoms with E-state index in [0.717, 1.165) is 49.0 Å². The predicted octanol–water partition coefficient (Wildman–Crippen LogP) is 1.99. The fourth-order valence-electron chi connectivity index (χ4n) is 3.50. The first kappa shape index (κ1) is 22.3. The van der Waals surface area contributed by atoms with Gasteiger partial charge in [-0.3, -0.25) is 14.0 Å². The van der Waals surface area contributed by atoms with Crippen LogP contribution in [0.2, 0.25) is 0 Å². The van der Waals surface area contributed by atoms with Crippen molar-refractivity contribution in [3.8, 4) is 0 Å². The molecule has 1 saturated heterocycles. The number of hydrogen-bond donors (Lipinski definition) is 1. The Morgan fingerprint density at radius 3 is 2.27 bits per heavy atom. The summed E-state index contributed by atoms with van der Waals surface area (Å²) in [4.78, 5) is 15.0. The van der Waals surface area contributed by atoms with Gasteiger partial charge in [0.15, 0.2) is 0 Å². The third-order valence-corrected chi connectivity index (χ3v) is 6.34. The van der Waals surface area contributed by atoms with Gasteiger partial charge in [-0.15, -0.1) is 0 Å². The minimum absolute atomic E-state index is 0.341. The van der Waals surface area contributed by atoms with Crippen molar-refractivity contribution in [2.24, 2.45) is 0 Å². The van der Waals surface area contributed by atoms with Crippen molar-refractivity contribution in [3.05, 3.63) is 65.7 Å². The van der Waals surface area contributed by atoms with E-state index in [0.29, 0.717) is 12.2 Å². The highest BCUT2D eigenvalue weighted by Crippen LogP contribution is 2.20. The van der Waals surface area contributed by atoms with Gasteiger partial charge in [-0.25, -0.2) is 8.42 Å². The average Bonchev–Trinajstić information content (AvgIpc) is 2.73. The zero-order chi connectivity index (χ0) is 21.6. The van der Waals surface area contributed by atoms with Crippen LogP contribution in [0.4, 0.5) is 5.69 Å². The molecular formula is C22H29N3O4S. The maximum atomic E-state index is 12.7. The molecule has 8 heteroatoms. The van der Waals surface area contributed by atoms with Crippen LogP contribution >= 0.6 is 0 Å². The molecule has 0 aromatic heterocycles. The molecule has 1 fully saturated rings. The normalized spacial score (nSPS) is 16.1. The molecule has 0 saturated carbocycles. The van der Waals surface area contributed by atoms with E-state index in [1.165, 1.54) is 5.56 Å². The Hall–Kier alpha value is -2.42. The summed E-state index contributed by atoms with van der Waals surface area (Å²) in [5, 5.41) is 2.85. The van der Waals surface area contributed by atoms with Gasteiger partial charge in [0.1, 0.15) is 6.04 Å². The molecule has 1 N–H and O–H groups in total. The number of hydrogen-bond acceptors (Lipinski definition) is 5. The molecule has 2 aromatic rings. The van der Waals surface area contributed by atoms with E-state index in [9.17, 15) is 13.2 Å². The van der Waals surface area contributed by atoms with Crippen molar-refractivity contribution in [3.63, 3.8) is 0 Å². The van der Waals surface area contributed by atoms with Crippen LogP contribution < -0.4 is 9.62 Å². The molecule has 1 atom stereocenters. The quantitative estimate of drug-likeness (QED) is 0.692. The summed E-state index contributed by atoms with van der Waals surface area (Å²) in [6.45, 7) is 6.24. The monoisotopic (exact) mass is 431 g/mol. The standard InChI is InChI=1S/C22H29N3O4S/c1-18(25(30(2,27)28)21-6-4-3-5-7-21)22(26)23-16-19-8-10-20(11-9-19)17-24-12-14-29-15-13-24/h3-11,18H,12-17H2,1-2H3,(H,23,26)/t18-/m0/s1. The fraction of sp³-hybridized carbons (Fsp3) is 0.409. The molecule has 1 aliphatic rings. The van der Waals surface area contributed by atoms with Gasteiger partial charge in [0.05, 0.1) is 25.2 Å². The molecule has 162 valence electrons. The van der Waals surface area contributed by atoms with E-state index >= 15 is 0 Å². The molecule has 1 heterocycles. The van der Waals surface area contributed by atoms with Crippen LogP contribution in [-0.2, 0) is 32.6 Å². The highest BCUT2D eigenvalue weighted by Gasteiger charge is 2.28. The lowest BCUT2D eigenvalue weighted by Gasteiger charge is -2.28. The Kier molecular flexibility index (Phi) is 7.47. The Morgan fingerprint density at radius 1 is 1.07 bits per heavy atom. The largest absolute Gasteiger partial charge is 0.379 e. The Bertz CT molecular complexity index is 927. The number of nitrogens with one attached hydrogen (secondary N) is 1. The number of amides is 1. The van der Waals surface area contributed by atoms with Crippen LogP contribution in [0.1, 0.15) is 18.1 Å². The Labute approximate surface area is 178 Å². The topological polar surface area (TPSA) is 79.0 Å². The first-order chi connectivity index (χ1) is 14.3. The molecule has 30 heavy (non-hydrogen) atoms. The lowest BCUT2D eigenvalue weighted by atomic mass is 10.1. The van der Waals surface area contributed by atoms with Gasteiger partial charge in [0, 0.05) is 26.2 Å². The van der Waals surface area contributed by atoms with E-state index in [4.69, 9.17) is 4.74 Å². The van der Waals surface area contributed by atoms with Gasteiger partial charge in [0.25, 0.3) is 0 Å². The number of para-hydroxylation sites is 1. The molecule has 0 aliphatic carbocycles. The first-order valence-corrected chi connectivity index (χ1v) is 11.9. The van der Waals surface area contributed by atoms with Crippen LogP contribution in [0, 0.1) is 0 Å². The first-order valence-electron chi connectivity index (χ1n) is 10.0. The zero-order valence-electron chi connectivity index (χ0n) is 17.5. The van der Waals surface area contributed by atoms with Gasteiger partial charge in [-0.1, -0.05) is 42.5 Å². The number of carbonyl (C=O) groups excluding carboxylic acids is 1. The van der Waals surface area contributed by atoms with E-state index in [2.05, 4.69) is 22.3 Å². The third kappa shape index (κ3) is 6.04. The summed E-state index contributed by atoms with van der Waals surface area (Å²) in [7, 11) is -3.61. The minimum Gasteiger partial charge on any atom is -0.379 e. The van der Waals surface area contributed by atoms with Crippen LogP contribution in [0.5, 0.6) is 0 Å². The highest BCUT2D eigenvalue weighted by atomic mass is 32.2. The third-order valence-electron chi connectivity index (χ3n) is 5.10. The van der Waals surface area contributed by atoms with Gasteiger partial charge < -0.3 is 10.1 Å². The lowest BCUT2D eigenvalue weighted by molar-refractivity contribution is -0.122. The Morgan fingerprint density at radius 2 is 1.67 bits per heavy atom. The predicted molar refractivity (Wildman–Crippen MR) is 118 cm³/mol. The van der Waals surface area contributed by atoms with Crippen LogP contribution in [-0.4, -0.2) is 57.8 Å². The SMILES string of the molecule is C[C@@H](C(=O)NCc1ccc(CN2CCOCC2)cc1)N(c1ccccc1)S(C)(=O)=O. The second-order valence-electron chi connectivity index (χ2n) is 7.49. The van der Waals surface area contributed by atoms with Crippen LogP contribution in [0.15, 0.2) is 54.6 Å². The maximum absolute atomic E-state index is 12.7. The molecule has 0 spiro atoms. The number of rotatable bonds is 8. The maximum Gasteiger partial charge on any atom is 0.243 e. The van der Waals surface area contributed by atoms with Crippen LogP contribution in [0.3, 0.4) is 0 Å². The van der Waals surface area contributed by atoms with E-state index < -0.39 is 16.1 Å². The molecule has 7 nitrogen and oxygen atoms in total. The van der Waals surface area contributed by atoms with Gasteiger partial charge in [-0.05, 0) is 30.2 Å². The van der Waals surface area contributed by atoms with Crippen molar-refractivity contribution >= 4 is 21.6 Å². The van der Waals surface area contributed by atoms with Crippen molar-refractivity contribution in [2.45, 2.75) is 26.1 Å². The highest BCUT2D eigenvalue weighted by molar-refractivity contribution is 7.92. The summed E-state index contributed by atoms with van der Waals surface area (Å²) >= 11 is 0. The number of morpholine rings is 1. The van der Waals surface area contributed by atoms with Crippen molar-refractivity contribution in [1.82, 2.24) is 10.2 Å².